The highest BCUT2D eigenvalue weighted by Crippen LogP contribution is 2.34. The molecule has 5 heteroatoms. The molecule has 1 aliphatic heterocycles. The summed E-state index contributed by atoms with van der Waals surface area (Å²) in [5, 5.41) is 4.97. The molecule has 0 unspecified atom stereocenters. The summed E-state index contributed by atoms with van der Waals surface area (Å²) in [6.45, 7) is 3.72. The van der Waals surface area contributed by atoms with Gasteiger partial charge in [0.05, 0.1) is 6.54 Å². The number of hydrogen-bond donors (Lipinski definition) is 2. The second-order valence-corrected chi connectivity index (χ2v) is 5.63. The highest BCUT2D eigenvalue weighted by molar-refractivity contribution is 5.95. The smallest absolute Gasteiger partial charge is 0.321 e. The molecule has 2 aliphatic rings. The van der Waals surface area contributed by atoms with Crippen LogP contribution in [0.4, 0.5) is 4.79 Å². The standard InChI is InChI=1S/C14H25N3O2/c1-2-15-14(19)16-13(18)10-17-9-5-7-11-6-3-4-8-12(11)17/h11-12H,2-10H2,1H3,(H2,15,16,18,19)/t11-,12+/m1/s1. The quantitative estimate of drug-likeness (QED) is 0.814. The number of nitrogens with zero attached hydrogens (tertiary/aromatic N) is 1. The van der Waals surface area contributed by atoms with Gasteiger partial charge in [0.2, 0.25) is 5.91 Å². The molecule has 2 atom stereocenters. The van der Waals surface area contributed by atoms with E-state index in [1.807, 2.05) is 6.92 Å². The molecule has 19 heavy (non-hydrogen) atoms. The average molecular weight is 267 g/mol. The first-order valence-corrected chi connectivity index (χ1v) is 7.52. The summed E-state index contributed by atoms with van der Waals surface area (Å²) in [5.74, 6) is 0.581. The van der Waals surface area contributed by atoms with Gasteiger partial charge in [-0.2, -0.15) is 0 Å². The van der Waals surface area contributed by atoms with Crippen LogP contribution in [-0.4, -0.2) is 42.5 Å². The summed E-state index contributed by atoms with van der Waals surface area (Å²) in [6.07, 6.45) is 7.60. The minimum absolute atomic E-state index is 0.183. The van der Waals surface area contributed by atoms with Gasteiger partial charge in [0.15, 0.2) is 0 Å². The zero-order chi connectivity index (χ0) is 13.7. The Balaban J connectivity index is 1.83. The molecule has 0 aromatic rings. The van der Waals surface area contributed by atoms with E-state index in [4.69, 9.17) is 0 Å². The predicted molar refractivity (Wildman–Crippen MR) is 73.8 cm³/mol. The van der Waals surface area contributed by atoms with Crippen molar-refractivity contribution in [3.8, 4) is 0 Å². The van der Waals surface area contributed by atoms with E-state index in [-0.39, 0.29) is 11.9 Å². The summed E-state index contributed by atoms with van der Waals surface area (Å²) >= 11 is 0. The minimum Gasteiger partial charge on any atom is -0.338 e. The number of likely N-dealkylation sites (tertiary alicyclic amines) is 1. The van der Waals surface area contributed by atoms with E-state index in [2.05, 4.69) is 15.5 Å². The van der Waals surface area contributed by atoms with Crippen LogP contribution < -0.4 is 10.6 Å². The minimum atomic E-state index is -0.385. The zero-order valence-corrected chi connectivity index (χ0v) is 11.8. The van der Waals surface area contributed by atoms with Crippen molar-refractivity contribution in [1.29, 1.82) is 0 Å². The van der Waals surface area contributed by atoms with Crippen LogP contribution in [0.2, 0.25) is 0 Å². The Morgan fingerprint density at radius 1 is 1.16 bits per heavy atom. The number of carbonyl (C=O) groups excluding carboxylic acids is 2. The highest BCUT2D eigenvalue weighted by Gasteiger charge is 2.33. The number of imide groups is 1. The fourth-order valence-corrected chi connectivity index (χ4v) is 3.48. The second-order valence-electron chi connectivity index (χ2n) is 5.63. The third-order valence-corrected chi connectivity index (χ3v) is 4.30. The van der Waals surface area contributed by atoms with E-state index in [0.29, 0.717) is 19.1 Å². The van der Waals surface area contributed by atoms with Gasteiger partial charge in [-0.25, -0.2) is 4.79 Å². The van der Waals surface area contributed by atoms with Gasteiger partial charge in [-0.05, 0) is 45.1 Å². The van der Waals surface area contributed by atoms with E-state index in [1.165, 1.54) is 38.5 Å². The SMILES string of the molecule is CCNC(=O)NC(=O)CN1CCC[C@H]2CCCC[C@@H]21. The Kier molecular flexibility index (Phi) is 5.19. The summed E-state index contributed by atoms with van der Waals surface area (Å²) in [7, 11) is 0. The number of hydrogen-bond acceptors (Lipinski definition) is 3. The Bertz CT molecular complexity index is 331. The maximum atomic E-state index is 11.9. The molecule has 2 N–H and O–H groups in total. The molecule has 2 fully saturated rings. The Morgan fingerprint density at radius 2 is 1.89 bits per heavy atom. The molecule has 0 spiro atoms. The summed E-state index contributed by atoms with van der Waals surface area (Å²) in [4.78, 5) is 25.5. The topological polar surface area (TPSA) is 61.4 Å². The molecular weight excluding hydrogens is 242 g/mol. The van der Waals surface area contributed by atoms with Crippen LogP contribution in [0.15, 0.2) is 0 Å². The number of urea groups is 1. The third-order valence-electron chi connectivity index (χ3n) is 4.30. The molecule has 3 amide bonds. The lowest BCUT2D eigenvalue weighted by Crippen LogP contribution is -2.52. The number of fused-ring (bicyclic) bond motifs is 1. The predicted octanol–water partition coefficient (Wildman–Crippen LogP) is 1.49. The molecule has 1 saturated carbocycles. The molecule has 5 nitrogen and oxygen atoms in total. The molecule has 1 heterocycles. The monoisotopic (exact) mass is 267 g/mol. The maximum Gasteiger partial charge on any atom is 0.321 e. The van der Waals surface area contributed by atoms with E-state index in [9.17, 15) is 9.59 Å². The summed E-state index contributed by atoms with van der Waals surface area (Å²) in [6, 6.07) is 0.173. The number of amides is 3. The van der Waals surface area contributed by atoms with E-state index in [1.54, 1.807) is 0 Å². The van der Waals surface area contributed by atoms with Gasteiger partial charge in [-0.3, -0.25) is 15.0 Å². The molecule has 2 rings (SSSR count). The molecule has 0 aromatic carbocycles. The van der Waals surface area contributed by atoms with E-state index < -0.39 is 0 Å². The summed E-state index contributed by atoms with van der Waals surface area (Å²) in [5.41, 5.74) is 0. The van der Waals surface area contributed by atoms with E-state index in [0.717, 1.165) is 12.5 Å². The van der Waals surface area contributed by atoms with Crippen LogP contribution in [0.25, 0.3) is 0 Å². The van der Waals surface area contributed by atoms with Crippen LogP contribution in [0.3, 0.4) is 0 Å². The van der Waals surface area contributed by atoms with E-state index >= 15 is 0 Å². The van der Waals surface area contributed by atoms with Crippen LogP contribution in [0, 0.1) is 5.92 Å². The Hall–Kier alpha value is -1.10. The Labute approximate surface area is 115 Å². The third kappa shape index (κ3) is 3.93. The Morgan fingerprint density at radius 3 is 2.68 bits per heavy atom. The number of piperidine rings is 1. The van der Waals surface area contributed by atoms with Crippen molar-refractivity contribution in [2.24, 2.45) is 5.92 Å². The van der Waals surface area contributed by atoms with Crippen molar-refractivity contribution < 1.29 is 9.59 Å². The molecule has 1 aliphatic carbocycles. The number of carbonyl (C=O) groups is 2. The molecule has 0 aromatic heterocycles. The van der Waals surface area contributed by atoms with Gasteiger partial charge in [0, 0.05) is 12.6 Å². The van der Waals surface area contributed by atoms with Crippen LogP contribution in [0.1, 0.15) is 45.4 Å². The fraction of sp³-hybridized carbons (Fsp3) is 0.857. The van der Waals surface area contributed by atoms with Crippen LogP contribution in [0.5, 0.6) is 0 Å². The largest absolute Gasteiger partial charge is 0.338 e. The van der Waals surface area contributed by atoms with Crippen molar-refractivity contribution >= 4 is 11.9 Å². The van der Waals surface area contributed by atoms with Gasteiger partial charge in [0.25, 0.3) is 0 Å². The van der Waals surface area contributed by atoms with Gasteiger partial charge in [-0.15, -0.1) is 0 Å². The molecular formula is C14H25N3O2. The first-order valence-electron chi connectivity index (χ1n) is 7.52. The van der Waals surface area contributed by atoms with Crippen molar-refractivity contribution in [3.05, 3.63) is 0 Å². The fourth-order valence-electron chi connectivity index (χ4n) is 3.48. The normalized spacial score (nSPS) is 27.4. The zero-order valence-electron chi connectivity index (χ0n) is 11.8. The highest BCUT2D eigenvalue weighted by atomic mass is 16.2. The van der Waals surface area contributed by atoms with Crippen molar-refractivity contribution in [3.63, 3.8) is 0 Å². The lowest BCUT2D eigenvalue weighted by Gasteiger charge is -2.43. The lowest BCUT2D eigenvalue weighted by atomic mass is 9.78. The average Bonchev–Trinajstić information content (AvgIpc) is 2.39. The number of rotatable bonds is 3. The molecule has 1 saturated heterocycles. The van der Waals surface area contributed by atoms with Crippen LogP contribution >= 0.6 is 0 Å². The summed E-state index contributed by atoms with van der Waals surface area (Å²) < 4.78 is 0. The lowest BCUT2D eigenvalue weighted by molar-refractivity contribution is -0.122. The molecule has 0 radical (unpaired) electrons. The van der Waals surface area contributed by atoms with Crippen LogP contribution in [-0.2, 0) is 4.79 Å². The second kappa shape index (κ2) is 6.89. The number of nitrogens with one attached hydrogen (secondary N) is 2. The van der Waals surface area contributed by atoms with Gasteiger partial charge in [0.1, 0.15) is 0 Å². The maximum absolute atomic E-state index is 11.9. The molecule has 108 valence electrons. The van der Waals surface area contributed by atoms with Crippen molar-refractivity contribution in [2.75, 3.05) is 19.6 Å². The first kappa shape index (κ1) is 14.3. The van der Waals surface area contributed by atoms with Crippen molar-refractivity contribution in [1.82, 2.24) is 15.5 Å². The van der Waals surface area contributed by atoms with Crippen molar-refractivity contribution in [2.45, 2.75) is 51.5 Å². The van der Waals surface area contributed by atoms with Gasteiger partial charge >= 0.3 is 6.03 Å². The van der Waals surface area contributed by atoms with Gasteiger partial charge < -0.3 is 5.32 Å². The molecule has 0 bridgehead atoms. The van der Waals surface area contributed by atoms with Gasteiger partial charge in [-0.1, -0.05) is 12.8 Å². The first-order chi connectivity index (χ1) is 9.20.